The number of nitrogens with zero attached hydrogens (tertiary/aromatic N) is 3. The molecule has 0 radical (unpaired) electrons. The number of ether oxygens (including phenoxy) is 1. The Labute approximate surface area is 185 Å². The predicted molar refractivity (Wildman–Crippen MR) is 124 cm³/mol. The number of benzene rings is 1. The molecule has 31 heavy (non-hydrogen) atoms. The molecule has 0 unspecified atom stereocenters. The fraction of sp³-hybridized carbons (Fsp3) is 0.478. The lowest BCUT2D eigenvalue weighted by molar-refractivity contribution is 0.353. The first-order valence-electron chi connectivity index (χ1n) is 10.6. The van der Waals surface area contributed by atoms with Crippen LogP contribution in [0.1, 0.15) is 37.5 Å². The minimum Gasteiger partial charge on any atom is -0.439 e. The summed E-state index contributed by atoms with van der Waals surface area (Å²) in [4.78, 5) is 11.1. The van der Waals surface area contributed by atoms with E-state index in [1.165, 1.54) is 11.1 Å². The third-order valence-electron chi connectivity index (χ3n) is 5.59. The Morgan fingerprint density at radius 2 is 2.00 bits per heavy atom. The molecule has 0 bridgehead atoms. The van der Waals surface area contributed by atoms with Gasteiger partial charge in [-0.05, 0) is 69.5 Å². The second kappa shape index (κ2) is 9.26. The van der Waals surface area contributed by atoms with Gasteiger partial charge in [-0.15, -0.1) is 0 Å². The maximum absolute atomic E-state index is 12.3. The average Bonchev–Trinajstić information content (AvgIpc) is 2.70. The van der Waals surface area contributed by atoms with Gasteiger partial charge in [0.05, 0.1) is 17.0 Å². The summed E-state index contributed by atoms with van der Waals surface area (Å²) in [6, 6.07) is 9.75. The first-order valence-corrected chi connectivity index (χ1v) is 12.2. The maximum atomic E-state index is 12.3. The molecule has 1 N–H and O–H groups in total. The van der Waals surface area contributed by atoms with Crippen LogP contribution in [0.2, 0.25) is 0 Å². The highest BCUT2D eigenvalue weighted by Crippen LogP contribution is 2.25. The van der Waals surface area contributed by atoms with Crippen LogP contribution >= 0.6 is 0 Å². The topological polar surface area (TPSA) is 83.9 Å². The lowest BCUT2D eigenvalue weighted by Crippen LogP contribution is -2.57. The second-order valence-corrected chi connectivity index (χ2v) is 11.3. The zero-order chi connectivity index (χ0) is 22.6. The molecule has 1 aliphatic heterocycles. The fourth-order valence-corrected chi connectivity index (χ4v) is 4.79. The zero-order valence-corrected chi connectivity index (χ0v) is 19.8. The van der Waals surface area contributed by atoms with Gasteiger partial charge >= 0.3 is 0 Å². The Bertz CT molecular complexity index is 1060. The van der Waals surface area contributed by atoms with E-state index >= 15 is 0 Å². The van der Waals surface area contributed by atoms with Gasteiger partial charge in [0, 0.05) is 31.9 Å². The molecule has 2 heterocycles. The van der Waals surface area contributed by atoms with E-state index in [0.717, 1.165) is 17.3 Å². The van der Waals surface area contributed by atoms with E-state index in [2.05, 4.69) is 24.1 Å². The number of guanidine groups is 1. The van der Waals surface area contributed by atoms with Gasteiger partial charge in [0.2, 0.25) is 5.88 Å². The molecule has 1 saturated heterocycles. The molecule has 8 heteroatoms. The van der Waals surface area contributed by atoms with Crippen LogP contribution in [0.25, 0.3) is 0 Å². The number of sulfone groups is 1. The average molecular weight is 445 g/mol. The number of aromatic nitrogens is 1. The summed E-state index contributed by atoms with van der Waals surface area (Å²) in [5, 5.41) is 3.29. The van der Waals surface area contributed by atoms with Gasteiger partial charge in [-0.2, -0.15) is 0 Å². The minimum atomic E-state index is -3.10. The van der Waals surface area contributed by atoms with Gasteiger partial charge < -0.3 is 15.0 Å². The number of hydrogen-bond donors (Lipinski definition) is 1. The largest absolute Gasteiger partial charge is 0.439 e. The lowest BCUT2D eigenvalue weighted by atomic mass is 10.1. The minimum absolute atomic E-state index is 0.133. The van der Waals surface area contributed by atoms with Gasteiger partial charge in [0.25, 0.3) is 0 Å². The molecule has 1 aromatic heterocycles. The molecule has 168 valence electrons. The van der Waals surface area contributed by atoms with Crippen molar-refractivity contribution in [3.05, 3.63) is 53.2 Å². The van der Waals surface area contributed by atoms with Crippen molar-refractivity contribution in [2.45, 2.75) is 45.9 Å². The molecule has 0 aliphatic carbocycles. The van der Waals surface area contributed by atoms with Crippen molar-refractivity contribution in [1.29, 1.82) is 0 Å². The standard InChI is InChI=1S/C23H32N4O3S/c1-6-24-22(27-11-12-31(28,29)23(4,5)16-27)26-15-19-9-10-25-21(14-19)30-20-8-7-17(2)18(3)13-20/h7-10,13-14H,6,11-12,15-16H2,1-5H3,(H,24,26). The Kier molecular flexibility index (Phi) is 6.89. The first kappa shape index (κ1) is 23.1. The van der Waals surface area contributed by atoms with Crippen LogP contribution in [0.4, 0.5) is 0 Å². The summed E-state index contributed by atoms with van der Waals surface area (Å²) in [7, 11) is -3.10. The highest BCUT2D eigenvalue weighted by atomic mass is 32.2. The van der Waals surface area contributed by atoms with Crippen LogP contribution in [0.5, 0.6) is 11.6 Å². The van der Waals surface area contributed by atoms with Gasteiger partial charge in [-0.3, -0.25) is 0 Å². The van der Waals surface area contributed by atoms with Crippen LogP contribution < -0.4 is 10.1 Å². The van der Waals surface area contributed by atoms with Gasteiger partial charge in [0.1, 0.15) is 5.75 Å². The lowest BCUT2D eigenvalue weighted by Gasteiger charge is -2.39. The van der Waals surface area contributed by atoms with Gasteiger partial charge in [-0.25, -0.2) is 18.4 Å². The molecule has 7 nitrogen and oxygen atoms in total. The molecule has 1 fully saturated rings. The summed E-state index contributed by atoms with van der Waals surface area (Å²) in [6.45, 7) is 11.7. The summed E-state index contributed by atoms with van der Waals surface area (Å²) in [6.07, 6.45) is 1.71. The SMILES string of the molecule is CCNC(=NCc1ccnc(Oc2ccc(C)c(C)c2)c1)N1CCS(=O)(=O)C(C)(C)C1. The van der Waals surface area contributed by atoms with E-state index in [4.69, 9.17) is 9.73 Å². The van der Waals surface area contributed by atoms with Crippen molar-refractivity contribution in [3.8, 4) is 11.6 Å². The van der Waals surface area contributed by atoms with Crippen LogP contribution in [0, 0.1) is 13.8 Å². The molecule has 3 rings (SSSR count). The van der Waals surface area contributed by atoms with E-state index in [0.29, 0.717) is 32.1 Å². The molecule has 0 spiro atoms. The smallest absolute Gasteiger partial charge is 0.219 e. The fourth-order valence-electron chi connectivity index (χ4n) is 3.42. The molecule has 1 aromatic carbocycles. The molecule has 2 aromatic rings. The van der Waals surface area contributed by atoms with Crippen molar-refractivity contribution in [1.82, 2.24) is 15.2 Å². The number of aryl methyl sites for hydroxylation is 2. The molecule has 0 amide bonds. The van der Waals surface area contributed by atoms with Crippen LogP contribution in [0.15, 0.2) is 41.5 Å². The molecule has 0 saturated carbocycles. The van der Waals surface area contributed by atoms with Gasteiger partial charge in [0.15, 0.2) is 15.8 Å². The third kappa shape index (κ3) is 5.55. The number of pyridine rings is 1. The summed E-state index contributed by atoms with van der Waals surface area (Å²) in [5.41, 5.74) is 3.35. The van der Waals surface area contributed by atoms with E-state index in [-0.39, 0.29) is 5.75 Å². The van der Waals surface area contributed by atoms with E-state index < -0.39 is 14.6 Å². The van der Waals surface area contributed by atoms with E-state index in [1.807, 2.05) is 42.2 Å². The summed E-state index contributed by atoms with van der Waals surface area (Å²) in [5.74, 6) is 2.12. The highest BCUT2D eigenvalue weighted by Gasteiger charge is 2.40. The number of aliphatic imine (C=N–C) groups is 1. The van der Waals surface area contributed by atoms with Crippen molar-refractivity contribution >= 4 is 15.8 Å². The second-order valence-electron chi connectivity index (χ2n) is 8.52. The number of hydrogen-bond acceptors (Lipinski definition) is 5. The van der Waals surface area contributed by atoms with Gasteiger partial charge in [-0.1, -0.05) is 6.07 Å². The molecular weight excluding hydrogens is 412 g/mol. The predicted octanol–water partition coefficient (Wildman–Crippen LogP) is 3.47. The van der Waals surface area contributed by atoms with Crippen molar-refractivity contribution in [2.24, 2.45) is 4.99 Å². The zero-order valence-electron chi connectivity index (χ0n) is 19.0. The molecule has 1 aliphatic rings. The summed E-state index contributed by atoms with van der Waals surface area (Å²) < 4.78 is 29.8. The maximum Gasteiger partial charge on any atom is 0.219 e. The van der Waals surface area contributed by atoms with Crippen molar-refractivity contribution in [2.75, 3.05) is 25.4 Å². The van der Waals surface area contributed by atoms with Crippen LogP contribution in [-0.2, 0) is 16.4 Å². The molecular formula is C23H32N4O3S. The quantitative estimate of drug-likeness (QED) is 0.562. The van der Waals surface area contributed by atoms with E-state index in [9.17, 15) is 8.42 Å². The third-order valence-corrected chi connectivity index (χ3v) is 8.12. The number of rotatable bonds is 5. The molecule has 0 atom stereocenters. The van der Waals surface area contributed by atoms with Crippen molar-refractivity contribution < 1.29 is 13.2 Å². The van der Waals surface area contributed by atoms with Crippen molar-refractivity contribution in [3.63, 3.8) is 0 Å². The first-order chi connectivity index (χ1) is 14.6. The normalized spacial score (nSPS) is 18.0. The Morgan fingerprint density at radius 1 is 1.23 bits per heavy atom. The summed E-state index contributed by atoms with van der Waals surface area (Å²) >= 11 is 0. The Hall–Kier alpha value is -2.61. The number of nitrogens with one attached hydrogen (secondary N) is 1. The Morgan fingerprint density at radius 3 is 2.68 bits per heavy atom. The highest BCUT2D eigenvalue weighted by molar-refractivity contribution is 7.92. The van der Waals surface area contributed by atoms with Crippen LogP contribution in [-0.4, -0.2) is 54.4 Å². The van der Waals surface area contributed by atoms with Crippen LogP contribution in [0.3, 0.4) is 0 Å². The van der Waals surface area contributed by atoms with E-state index in [1.54, 1.807) is 20.0 Å². The Balaban J connectivity index is 1.74. The monoisotopic (exact) mass is 444 g/mol.